The summed E-state index contributed by atoms with van der Waals surface area (Å²) in [5.74, 6) is 0.874. The van der Waals surface area contributed by atoms with E-state index in [2.05, 4.69) is 48.0 Å². The van der Waals surface area contributed by atoms with Gasteiger partial charge in [0.2, 0.25) is 6.73 Å². The van der Waals surface area contributed by atoms with E-state index in [1.807, 2.05) is 23.3 Å². The molecule has 26 heavy (non-hydrogen) atoms. The smallest absolute Gasteiger partial charge is 0.243 e. The van der Waals surface area contributed by atoms with Crippen LogP contribution in [0.3, 0.4) is 0 Å². The first-order chi connectivity index (χ1) is 12.8. The number of methoxy groups -OCH3 is 1. The molecule has 136 valence electrons. The molecule has 1 aliphatic carbocycles. The molecule has 0 spiro atoms. The molecule has 1 saturated heterocycles. The minimum Gasteiger partial charge on any atom is -0.497 e. The molecule has 0 N–H and O–H groups in total. The number of benzene rings is 2. The van der Waals surface area contributed by atoms with Crippen LogP contribution < -0.4 is 4.74 Å². The molecule has 4 rings (SSSR count). The van der Waals surface area contributed by atoms with Gasteiger partial charge >= 0.3 is 0 Å². The Morgan fingerprint density at radius 1 is 1.00 bits per heavy atom. The molecule has 1 heterocycles. The zero-order chi connectivity index (χ0) is 17.8. The van der Waals surface area contributed by atoms with Crippen molar-refractivity contribution in [2.75, 3.05) is 7.11 Å². The summed E-state index contributed by atoms with van der Waals surface area (Å²) in [5.41, 5.74) is 2.44. The SMILES string of the molecule is COc1ccc(C2N(Cc3ccccc3)O[C]N2C2CCCCC2)cc1. The first-order valence-electron chi connectivity index (χ1n) is 9.50. The van der Waals surface area contributed by atoms with Crippen molar-refractivity contribution in [3.63, 3.8) is 0 Å². The summed E-state index contributed by atoms with van der Waals surface area (Å²) in [5, 5.41) is 2.03. The van der Waals surface area contributed by atoms with E-state index < -0.39 is 0 Å². The van der Waals surface area contributed by atoms with E-state index in [0.29, 0.717) is 6.04 Å². The van der Waals surface area contributed by atoms with Gasteiger partial charge in [-0.15, -0.1) is 0 Å². The molecule has 2 aliphatic rings. The maximum atomic E-state index is 5.92. The van der Waals surface area contributed by atoms with Gasteiger partial charge in [0.05, 0.1) is 13.7 Å². The van der Waals surface area contributed by atoms with E-state index in [4.69, 9.17) is 9.57 Å². The number of hydroxylamine groups is 2. The van der Waals surface area contributed by atoms with Gasteiger partial charge in [-0.2, -0.15) is 5.06 Å². The molecule has 2 fully saturated rings. The molecule has 0 amide bonds. The van der Waals surface area contributed by atoms with Crippen LogP contribution in [0.15, 0.2) is 54.6 Å². The third kappa shape index (κ3) is 3.78. The zero-order valence-electron chi connectivity index (χ0n) is 15.3. The number of nitrogens with zero attached hydrogens (tertiary/aromatic N) is 2. The second kappa shape index (κ2) is 8.21. The lowest BCUT2D eigenvalue weighted by atomic mass is 9.93. The lowest BCUT2D eigenvalue weighted by Gasteiger charge is -2.35. The Morgan fingerprint density at radius 3 is 2.42 bits per heavy atom. The number of hydrogen-bond donors (Lipinski definition) is 0. The maximum absolute atomic E-state index is 5.92. The van der Waals surface area contributed by atoms with Crippen molar-refractivity contribution in [1.29, 1.82) is 0 Å². The van der Waals surface area contributed by atoms with Gasteiger partial charge in [-0.05, 0) is 36.1 Å². The van der Waals surface area contributed by atoms with Crippen molar-refractivity contribution in [2.45, 2.75) is 50.9 Å². The third-order valence-corrected chi connectivity index (χ3v) is 5.36. The van der Waals surface area contributed by atoms with E-state index in [1.54, 1.807) is 7.11 Å². The van der Waals surface area contributed by atoms with Gasteiger partial charge in [0.15, 0.2) is 0 Å². The van der Waals surface area contributed by atoms with Crippen molar-refractivity contribution in [1.82, 2.24) is 9.96 Å². The van der Waals surface area contributed by atoms with Crippen LogP contribution in [0, 0.1) is 6.73 Å². The second-order valence-corrected chi connectivity index (χ2v) is 7.09. The van der Waals surface area contributed by atoms with Crippen molar-refractivity contribution >= 4 is 0 Å². The highest BCUT2D eigenvalue weighted by molar-refractivity contribution is 5.29. The van der Waals surface area contributed by atoms with Crippen LogP contribution in [0.5, 0.6) is 5.75 Å². The lowest BCUT2D eigenvalue weighted by molar-refractivity contribution is -0.123. The van der Waals surface area contributed by atoms with Gasteiger partial charge in [0.25, 0.3) is 0 Å². The van der Waals surface area contributed by atoms with Crippen molar-refractivity contribution in [2.24, 2.45) is 0 Å². The lowest BCUT2D eigenvalue weighted by Crippen LogP contribution is -2.38. The van der Waals surface area contributed by atoms with Crippen molar-refractivity contribution in [3.05, 3.63) is 72.5 Å². The van der Waals surface area contributed by atoms with Crippen LogP contribution in [-0.4, -0.2) is 23.1 Å². The summed E-state index contributed by atoms with van der Waals surface area (Å²) in [6.07, 6.45) is 6.38. The summed E-state index contributed by atoms with van der Waals surface area (Å²) in [4.78, 5) is 8.22. The highest BCUT2D eigenvalue weighted by atomic mass is 16.7. The molecule has 2 aromatic carbocycles. The highest BCUT2D eigenvalue weighted by Gasteiger charge is 2.40. The average molecular weight is 350 g/mol. The molecule has 0 bridgehead atoms. The van der Waals surface area contributed by atoms with Gasteiger partial charge in [0.1, 0.15) is 11.9 Å². The predicted molar refractivity (Wildman–Crippen MR) is 101 cm³/mol. The van der Waals surface area contributed by atoms with Gasteiger partial charge < -0.3 is 4.74 Å². The predicted octanol–water partition coefficient (Wildman–Crippen LogP) is 4.77. The Bertz CT molecular complexity index is 683. The van der Waals surface area contributed by atoms with Gasteiger partial charge in [-0.3, -0.25) is 4.84 Å². The van der Waals surface area contributed by atoms with E-state index in [-0.39, 0.29) is 6.17 Å². The fourth-order valence-electron chi connectivity index (χ4n) is 3.96. The van der Waals surface area contributed by atoms with E-state index in [0.717, 1.165) is 12.3 Å². The summed E-state index contributed by atoms with van der Waals surface area (Å²) < 4.78 is 5.32. The third-order valence-electron chi connectivity index (χ3n) is 5.36. The molecule has 4 nitrogen and oxygen atoms in total. The molecule has 2 radical (unpaired) electrons. The quantitative estimate of drug-likeness (QED) is 0.775. The van der Waals surface area contributed by atoms with Crippen molar-refractivity contribution < 1.29 is 9.57 Å². The van der Waals surface area contributed by atoms with E-state index in [1.165, 1.54) is 43.2 Å². The standard InChI is InChI=1S/C22H26N2O2/c1-25-21-14-12-19(13-15-21)22-23(20-10-6-3-7-11-20)17-26-24(22)16-18-8-4-2-5-9-18/h2,4-5,8-9,12-15,20,22H,3,6-7,10-11,16H2,1H3. The minimum atomic E-state index is 0.0456. The molecular weight excluding hydrogens is 324 g/mol. The number of ether oxygens (including phenoxy) is 1. The Balaban J connectivity index is 1.59. The first-order valence-corrected chi connectivity index (χ1v) is 9.50. The van der Waals surface area contributed by atoms with Gasteiger partial charge in [0, 0.05) is 6.04 Å². The van der Waals surface area contributed by atoms with Gasteiger partial charge in [-0.1, -0.05) is 61.7 Å². The normalized spacial score (nSPS) is 22.6. The number of rotatable bonds is 5. The molecular formula is C22H26N2O2. The highest BCUT2D eigenvalue weighted by Crippen LogP contribution is 2.39. The van der Waals surface area contributed by atoms with Crippen LogP contribution in [0.4, 0.5) is 0 Å². The maximum Gasteiger partial charge on any atom is 0.243 e. The Hall–Kier alpha value is -1.88. The molecule has 1 atom stereocenters. The topological polar surface area (TPSA) is 24.9 Å². The van der Waals surface area contributed by atoms with Crippen molar-refractivity contribution in [3.8, 4) is 5.75 Å². The van der Waals surface area contributed by atoms with Crippen LogP contribution in [0.2, 0.25) is 0 Å². The molecule has 4 heteroatoms. The Morgan fingerprint density at radius 2 is 1.73 bits per heavy atom. The summed E-state index contributed by atoms with van der Waals surface area (Å²) in [6, 6.07) is 19.3. The van der Waals surface area contributed by atoms with Crippen LogP contribution in [0.1, 0.15) is 49.4 Å². The molecule has 0 aromatic heterocycles. The Kier molecular flexibility index (Phi) is 5.54. The van der Waals surface area contributed by atoms with Gasteiger partial charge in [-0.25, -0.2) is 4.90 Å². The van der Waals surface area contributed by atoms with E-state index >= 15 is 0 Å². The number of hydrogen-bond acceptors (Lipinski definition) is 4. The molecule has 1 unspecified atom stereocenters. The first kappa shape index (κ1) is 17.5. The fourth-order valence-corrected chi connectivity index (χ4v) is 3.96. The summed E-state index contributed by atoms with van der Waals surface area (Å²) in [6.45, 7) is 3.93. The Labute approximate surface area is 156 Å². The molecule has 2 aromatic rings. The monoisotopic (exact) mass is 350 g/mol. The second-order valence-electron chi connectivity index (χ2n) is 7.09. The molecule has 1 saturated carbocycles. The minimum absolute atomic E-state index is 0.0456. The largest absolute Gasteiger partial charge is 0.497 e. The molecule has 1 aliphatic heterocycles. The zero-order valence-corrected chi connectivity index (χ0v) is 15.3. The summed E-state index contributed by atoms with van der Waals surface area (Å²) >= 11 is 0. The van der Waals surface area contributed by atoms with Crippen LogP contribution >= 0.6 is 0 Å². The van der Waals surface area contributed by atoms with Crippen LogP contribution in [-0.2, 0) is 11.4 Å². The fraction of sp³-hybridized carbons (Fsp3) is 0.409. The van der Waals surface area contributed by atoms with Crippen LogP contribution in [0.25, 0.3) is 0 Å². The van der Waals surface area contributed by atoms with E-state index in [9.17, 15) is 0 Å². The average Bonchev–Trinajstić information content (AvgIpc) is 3.13. The summed E-state index contributed by atoms with van der Waals surface area (Å²) in [7, 11) is 1.70.